The molecule has 0 saturated carbocycles. The number of carbonyl (C=O) groups is 2. The molecule has 112 valence electrons. The van der Waals surface area contributed by atoms with Gasteiger partial charge in [-0.25, -0.2) is 9.48 Å². The summed E-state index contributed by atoms with van der Waals surface area (Å²) in [5.41, 5.74) is 0.900. The number of fused-ring (bicyclic) bond motifs is 1. The molecule has 1 atom stereocenters. The lowest BCUT2D eigenvalue weighted by Gasteiger charge is -2.14. The van der Waals surface area contributed by atoms with Gasteiger partial charge < -0.3 is 10.4 Å². The molecule has 0 aliphatic heterocycles. The summed E-state index contributed by atoms with van der Waals surface area (Å²) in [6, 6.07) is 4.12. The van der Waals surface area contributed by atoms with Crippen LogP contribution in [0.2, 0.25) is 0 Å². The number of benzene rings is 1. The highest BCUT2D eigenvalue weighted by Crippen LogP contribution is 2.20. The van der Waals surface area contributed by atoms with E-state index in [1.807, 2.05) is 13.8 Å². The van der Waals surface area contributed by atoms with E-state index < -0.39 is 12.0 Å². The van der Waals surface area contributed by atoms with Gasteiger partial charge in [0.15, 0.2) is 0 Å². The highest BCUT2D eigenvalue weighted by Gasteiger charge is 2.22. The first kappa shape index (κ1) is 15.0. The van der Waals surface area contributed by atoms with Crippen LogP contribution in [0.5, 0.6) is 0 Å². The summed E-state index contributed by atoms with van der Waals surface area (Å²) < 4.78 is 1.36. The second kappa shape index (κ2) is 5.90. The molecule has 0 aliphatic carbocycles. The Kier molecular flexibility index (Phi) is 4.21. The minimum Gasteiger partial charge on any atom is -0.478 e. The lowest BCUT2D eigenvalue weighted by Crippen LogP contribution is -2.34. The van der Waals surface area contributed by atoms with E-state index in [-0.39, 0.29) is 11.5 Å². The highest BCUT2D eigenvalue weighted by molar-refractivity contribution is 6.01. The fourth-order valence-electron chi connectivity index (χ4n) is 2.00. The summed E-state index contributed by atoms with van der Waals surface area (Å²) in [5.74, 6) is -0.946. The van der Waals surface area contributed by atoms with E-state index in [4.69, 9.17) is 0 Å². The van der Waals surface area contributed by atoms with Crippen molar-refractivity contribution >= 4 is 22.9 Å². The summed E-state index contributed by atoms with van der Waals surface area (Å²) >= 11 is 0. The monoisotopic (exact) mass is 290 g/mol. The average Bonchev–Trinajstić information content (AvgIpc) is 2.87. The number of nitrogens with one attached hydrogen (secondary N) is 1. The molecule has 2 N–H and O–H groups in total. The molecule has 2 aromatic rings. The third-order valence-electron chi connectivity index (χ3n) is 3.15. The van der Waals surface area contributed by atoms with E-state index >= 15 is 0 Å². The number of aromatic nitrogens is 3. The highest BCUT2D eigenvalue weighted by atomic mass is 16.4. The van der Waals surface area contributed by atoms with Crippen molar-refractivity contribution in [1.29, 1.82) is 0 Å². The van der Waals surface area contributed by atoms with Gasteiger partial charge in [-0.2, -0.15) is 0 Å². The molecule has 1 aromatic carbocycles. The van der Waals surface area contributed by atoms with Crippen LogP contribution >= 0.6 is 0 Å². The molecule has 0 saturated heterocycles. The third kappa shape index (κ3) is 3.01. The van der Waals surface area contributed by atoms with Crippen molar-refractivity contribution in [3.63, 3.8) is 0 Å². The Morgan fingerprint density at radius 3 is 2.67 bits per heavy atom. The number of hydrogen-bond acceptors (Lipinski definition) is 4. The van der Waals surface area contributed by atoms with Crippen LogP contribution in [0.25, 0.3) is 11.0 Å². The lowest BCUT2D eigenvalue weighted by atomic mass is 10.1. The second-order valence-corrected chi connectivity index (χ2v) is 5.33. The number of carbonyl (C=O) groups excluding carboxylic acids is 1. The molecule has 0 fully saturated rings. The van der Waals surface area contributed by atoms with Crippen LogP contribution in [-0.2, 0) is 4.79 Å². The Morgan fingerprint density at radius 2 is 2.05 bits per heavy atom. The van der Waals surface area contributed by atoms with Crippen molar-refractivity contribution in [1.82, 2.24) is 20.3 Å². The quantitative estimate of drug-likeness (QED) is 0.869. The molecule has 7 heteroatoms. The average molecular weight is 290 g/mol. The van der Waals surface area contributed by atoms with Crippen LogP contribution in [0, 0.1) is 5.92 Å². The Hall–Kier alpha value is -2.44. The molecule has 1 aromatic heterocycles. The topological polar surface area (TPSA) is 97.1 Å². The van der Waals surface area contributed by atoms with Crippen molar-refractivity contribution in [2.75, 3.05) is 6.54 Å². The van der Waals surface area contributed by atoms with Gasteiger partial charge in [0.25, 0.3) is 0 Å². The van der Waals surface area contributed by atoms with Crippen molar-refractivity contribution < 1.29 is 14.7 Å². The zero-order valence-electron chi connectivity index (χ0n) is 12.2. The molecular weight excluding hydrogens is 272 g/mol. The first-order valence-electron chi connectivity index (χ1n) is 6.76. The predicted molar refractivity (Wildman–Crippen MR) is 77.0 cm³/mol. The number of carboxylic acid groups (broad SMARTS) is 1. The summed E-state index contributed by atoms with van der Waals surface area (Å²) in [4.78, 5) is 23.4. The maximum absolute atomic E-state index is 12.1. The van der Waals surface area contributed by atoms with E-state index in [2.05, 4.69) is 15.6 Å². The van der Waals surface area contributed by atoms with Crippen LogP contribution in [0.4, 0.5) is 0 Å². The SMILES string of the molecule is CC(C)CNC(=O)C(C)n1nnc2cccc(C(=O)O)c21. The number of amides is 1. The van der Waals surface area contributed by atoms with Gasteiger partial charge in [0.05, 0.1) is 5.56 Å². The minimum absolute atomic E-state index is 0.0843. The van der Waals surface area contributed by atoms with E-state index in [9.17, 15) is 14.7 Å². The number of carboxylic acids is 1. The van der Waals surface area contributed by atoms with Crippen molar-refractivity contribution in [3.8, 4) is 0 Å². The Morgan fingerprint density at radius 1 is 1.33 bits per heavy atom. The van der Waals surface area contributed by atoms with Crippen LogP contribution in [0.1, 0.15) is 37.2 Å². The van der Waals surface area contributed by atoms with Gasteiger partial charge >= 0.3 is 5.97 Å². The molecule has 1 amide bonds. The largest absolute Gasteiger partial charge is 0.478 e. The minimum atomic E-state index is -1.07. The van der Waals surface area contributed by atoms with Crippen molar-refractivity contribution in [2.24, 2.45) is 5.92 Å². The number of rotatable bonds is 5. The third-order valence-corrected chi connectivity index (χ3v) is 3.15. The van der Waals surface area contributed by atoms with Gasteiger partial charge in [-0.1, -0.05) is 25.1 Å². The van der Waals surface area contributed by atoms with Gasteiger partial charge in [-0.3, -0.25) is 4.79 Å². The fourth-order valence-corrected chi connectivity index (χ4v) is 2.00. The van der Waals surface area contributed by atoms with E-state index in [1.165, 1.54) is 10.7 Å². The van der Waals surface area contributed by atoms with E-state index in [0.29, 0.717) is 23.5 Å². The molecule has 2 rings (SSSR count). The van der Waals surface area contributed by atoms with Gasteiger partial charge in [0.1, 0.15) is 17.1 Å². The number of nitrogens with zero attached hydrogens (tertiary/aromatic N) is 3. The smallest absolute Gasteiger partial charge is 0.337 e. The Labute approximate surface area is 121 Å². The van der Waals surface area contributed by atoms with Crippen LogP contribution < -0.4 is 5.32 Å². The fraction of sp³-hybridized carbons (Fsp3) is 0.429. The van der Waals surface area contributed by atoms with Gasteiger partial charge in [-0.15, -0.1) is 5.10 Å². The van der Waals surface area contributed by atoms with Gasteiger partial charge in [0, 0.05) is 6.54 Å². The first-order chi connectivity index (χ1) is 9.91. The van der Waals surface area contributed by atoms with Gasteiger partial charge in [0.2, 0.25) is 5.91 Å². The van der Waals surface area contributed by atoms with Crippen LogP contribution in [0.3, 0.4) is 0 Å². The predicted octanol–water partition coefficient (Wildman–Crippen LogP) is 1.46. The number of hydrogen-bond donors (Lipinski definition) is 2. The summed E-state index contributed by atoms with van der Waals surface area (Å²) in [7, 11) is 0. The molecule has 0 aliphatic rings. The summed E-state index contributed by atoms with van der Waals surface area (Å²) in [6.45, 7) is 6.22. The van der Waals surface area contributed by atoms with Crippen molar-refractivity contribution in [2.45, 2.75) is 26.8 Å². The lowest BCUT2D eigenvalue weighted by molar-refractivity contribution is -0.124. The zero-order valence-corrected chi connectivity index (χ0v) is 12.2. The first-order valence-corrected chi connectivity index (χ1v) is 6.76. The molecule has 0 bridgehead atoms. The van der Waals surface area contributed by atoms with Gasteiger partial charge in [-0.05, 0) is 25.0 Å². The number of aromatic carboxylic acids is 1. The van der Waals surface area contributed by atoms with Crippen molar-refractivity contribution in [3.05, 3.63) is 23.8 Å². The molecule has 1 unspecified atom stereocenters. The summed E-state index contributed by atoms with van der Waals surface area (Å²) in [6.07, 6.45) is 0. The molecule has 7 nitrogen and oxygen atoms in total. The molecule has 0 radical (unpaired) electrons. The molecular formula is C14H18N4O3. The molecule has 0 spiro atoms. The normalized spacial score (nSPS) is 12.6. The van der Waals surface area contributed by atoms with E-state index in [1.54, 1.807) is 19.1 Å². The second-order valence-electron chi connectivity index (χ2n) is 5.33. The molecule has 21 heavy (non-hydrogen) atoms. The van der Waals surface area contributed by atoms with E-state index in [0.717, 1.165) is 0 Å². The zero-order chi connectivity index (χ0) is 15.6. The van der Waals surface area contributed by atoms with Crippen LogP contribution in [0.15, 0.2) is 18.2 Å². The number of para-hydroxylation sites is 1. The summed E-state index contributed by atoms with van der Waals surface area (Å²) in [5, 5.41) is 19.9. The standard InChI is InChI=1S/C14H18N4O3/c1-8(2)7-15-13(19)9(3)18-12-10(14(20)21)5-4-6-11(12)16-17-18/h4-6,8-9H,7H2,1-3H3,(H,15,19)(H,20,21). The molecule has 1 heterocycles. The Balaban J connectivity index is 2.37. The Bertz CT molecular complexity index is 678. The maximum atomic E-state index is 12.1. The maximum Gasteiger partial charge on any atom is 0.337 e. The van der Waals surface area contributed by atoms with Crippen LogP contribution in [-0.4, -0.2) is 38.5 Å².